The number of nitrogens with zero attached hydrogens (tertiary/aromatic N) is 1. The number of hydrogen-bond acceptors (Lipinski definition) is 2. The zero-order valence-electron chi connectivity index (χ0n) is 13.7. The van der Waals surface area contributed by atoms with Gasteiger partial charge in [0, 0.05) is 26.2 Å². The number of ether oxygens (including phenoxy) is 1. The van der Waals surface area contributed by atoms with Gasteiger partial charge in [0.1, 0.15) is 0 Å². The summed E-state index contributed by atoms with van der Waals surface area (Å²) in [6, 6.07) is 10.3. The van der Waals surface area contributed by atoms with E-state index < -0.39 is 0 Å². The monoisotopic (exact) mass is 303 g/mol. The number of benzene rings is 1. The fraction of sp³-hybridized carbons (Fsp3) is 0.611. The van der Waals surface area contributed by atoms with Crippen molar-refractivity contribution < 1.29 is 4.74 Å². The number of rotatable bonds is 10. The third-order valence-corrected chi connectivity index (χ3v) is 3.67. The van der Waals surface area contributed by atoms with Gasteiger partial charge in [0.15, 0.2) is 5.96 Å². The van der Waals surface area contributed by atoms with Gasteiger partial charge in [-0.05, 0) is 44.1 Å². The molecule has 1 saturated carbocycles. The van der Waals surface area contributed by atoms with Crippen LogP contribution in [0.1, 0.15) is 38.2 Å². The highest BCUT2D eigenvalue weighted by Gasteiger charge is 2.20. The second kappa shape index (κ2) is 10.2. The summed E-state index contributed by atoms with van der Waals surface area (Å²) < 4.78 is 5.69. The first-order chi connectivity index (χ1) is 10.9. The maximum atomic E-state index is 5.69. The molecule has 22 heavy (non-hydrogen) atoms. The highest BCUT2D eigenvalue weighted by molar-refractivity contribution is 5.79. The summed E-state index contributed by atoms with van der Waals surface area (Å²) in [6.45, 7) is 6.45. The van der Waals surface area contributed by atoms with Gasteiger partial charge in [0.25, 0.3) is 0 Å². The lowest BCUT2D eigenvalue weighted by atomic mass is 10.2. The van der Waals surface area contributed by atoms with E-state index in [9.17, 15) is 0 Å². The zero-order valence-corrected chi connectivity index (χ0v) is 13.7. The number of nitrogens with one attached hydrogen (secondary N) is 2. The van der Waals surface area contributed by atoms with Crippen molar-refractivity contribution in [2.75, 3.05) is 26.2 Å². The van der Waals surface area contributed by atoms with E-state index in [0.29, 0.717) is 6.61 Å². The molecule has 4 nitrogen and oxygen atoms in total. The maximum absolute atomic E-state index is 5.69. The summed E-state index contributed by atoms with van der Waals surface area (Å²) in [5, 5.41) is 6.69. The van der Waals surface area contributed by atoms with Crippen molar-refractivity contribution in [2.45, 2.75) is 39.2 Å². The average molecular weight is 303 g/mol. The van der Waals surface area contributed by atoms with Crippen LogP contribution in [0.5, 0.6) is 0 Å². The van der Waals surface area contributed by atoms with Crippen molar-refractivity contribution in [2.24, 2.45) is 10.9 Å². The predicted octanol–water partition coefficient (Wildman–Crippen LogP) is 2.95. The molecule has 0 atom stereocenters. The molecule has 0 unspecified atom stereocenters. The van der Waals surface area contributed by atoms with Crippen LogP contribution in [0.15, 0.2) is 35.3 Å². The van der Waals surface area contributed by atoms with E-state index in [2.05, 4.69) is 34.7 Å². The first kappa shape index (κ1) is 16.8. The van der Waals surface area contributed by atoms with Crippen molar-refractivity contribution >= 4 is 5.96 Å². The lowest BCUT2D eigenvalue weighted by Gasteiger charge is -2.11. The van der Waals surface area contributed by atoms with E-state index in [4.69, 9.17) is 4.74 Å². The third-order valence-electron chi connectivity index (χ3n) is 3.67. The van der Waals surface area contributed by atoms with Gasteiger partial charge < -0.3 is 15.4 Å². The minimum Gasteiger partial charge on any atom is -0.377 e. The molecule has 0 spiro atoms. The summed E-state index contributed by atoms with van der Waals surface area (Å²) in [4.78, 5) is 4.61. The van der Waals surface area contributed by atoms with Gasteiger partial charge in [-0.3, -0.25) is 4.99 Å². The molecule has 1 aliphatic rings. The van der Waals surface area contributed by atoms with Crippen LogP contribution in [0, 0.1) is 5.92 Å². The topological polar surface area (TPSA) is 45.7 Å². The standard InChI is InChI=1S/C18H29N3O/c1-2-19-18(21-14-16-10-11-16)20-12-6-7-13-22-15-17-8-4-3-5-9-17/h3-5,8-9,16H,2,6-7,10-15H2,1H3,(H2,19,20,21). The summed E-state index contributed by atoms with van der Waals surface area (Å²) in [7, 11) is 0. The Bertz CT molecular complexity index is 429. The first-order valence-electron chi connectivity index (χ1n) is 8.52. The Hall–Kier alpha value is -1.55. The van der Waals surface area contributed by atoms with Crippen LogP contribution < -0.4 is 10.6 Å². The van der Waals surface area contributed by atoms with Crippen LogP contribution in [0.4, 0.5) is 0 Å². The predicted molar refractivity (Wildman–Crippen MR) is 92.0 cm³/mol. The number of aliphatic imine (C=N–C) groups is 1. The van der Waals surface area contributed by atoms with Gasteiger partial charge in [-0.15, -0.1) is 0 Å². The molecular weight excluding hydrogens is 274 g/mol. The fourth-order valence-electron chi connectivity index (χ4n) is 2.16. The molecule has 2 rings (SSSR count). The van der Waals surface area contributed by atoms with Gasteiger partial charge in [0.2, 0.25) is 0 Å². The molecule has 1 aliphatic carbocycles. The van der Waals surface area contributed by atoms with E-state index in [1.165, 1.54) is 18.4 Å². The Kier molecular flexibility index (Phi) is 7.81. The Morgan fingerprint density at radius 2 is 2.00 bits per heavy atom. The minimum absolute atomic E-state index is 0.708. The van der Waals surface area contributed by atoms with Crippen LogP contribution in [0.2, 0.25) is 0 Å². The Balaban J connectivity index is 1.49. The van der Waals surface area contributed by atoms with Gasteiger partial charge in [-0.1, -0.05) is 30.3 Å². The summed E-state index contributed by atoms with van der Waals surface area (Å²) in [5.74, 6) is 1.79. The van der Waals surface area contributed by atoms with Gasteiger partial charge in [0.05, 0.1) is 6.61 Å². The normalized spacial score (nSPS) is 14.9. The van der Waals surface area contributed by atoms with E-state index >= 15 is 0 Å². The molecule has 0 radical (unpaired) electrons. The number of unbranched alkanes of at least 4 members (excludes halogenated alkanes) is 1. The lowest BCUT2D eigenvalue weighted by Crippen LogP contribution is -2.38. The maximum Gasteiger partial charge on any atom is 0.191 e. The Labute approximate surface area is 134 Å². The minimum atomic E-state index is 0.708. The number of guanidine groups is 1. The lowest BCUT2D eigenvalue weighted by molar-refractivity contribution is 0.117. The van der Waals surface area contributed by atoms with Crippen LogP contribution >= 0.6 is 0 Å². The smallest absolute Gasteiger partial charge is 0.191 e. The van der Waals surface area contributed by atoms with Gasteiger partial charge in [-0.25, -0.2) is 0 Å². The van der Waals surface area contributed by atoms with Crippen LogP contribution in [-0.2, 0) is 11.3 Å². The molecule has 0 amide bonds. The molecule has 1 fully saturated rings. The SMILES string of the molecule is CCNC(=NCC1CC1)NCCCCOCc1ccccc1. The van der Waals surface area contributed by atoms with Crippen molar-refractivity contribution in [1.82, 2.24) is 10.6 Å². The molecule has 122 valence electrons. The molecule has 1 aromatic carbocycles. The highest BCUT2D eigenvalue weighted by atomic mass is 16.5. The van der Waals surface area contributed by atoms with Crippen LogP contribution in [0.3, 0.4) is 0 Å². The van der Waals surface area contributed by atoms with Crippen molar-refractivity contribution in [3.8, 4) is 0 Å². The summed E-state index contributed by atoms with van der Waals surface area (Å²) in [5.41, 5.74) is 1.24. The molecule has 0 heterocycles. The molecule has 4 heteroatoms. The molecule has 1 aromatic rings. The highest BCUT2D eigenvalue weighted by Crippen LogP contribution is 2.28. The fourth-order valence-corrected chi connectivity index (χ4v) is 2.16. The average Bonchev–Trinajstić information content (AvgIpc) is 3.37. The third kappa shape index (κ3) is 7.46. The first-order valence-corrected chi connectivity index (χ1v) is 8.52. The molecule has 0 bridgehead atoms. The molecule has 0 aromatic heterocycles. The second-order valence-corrected chi connectivity index (χ2v) is 5.84. The Morgan fingerprint density at radius 3 is 2.73 bits per heavy atom. The Morgan fingerprint density at radius 1 is 1.18 bits per heavy atom. The molecule has 0 aliphatic heterocycles. The molecule has 0 saturated heterocycles. The summed E-state index contributed by atoms with van der Waals surface area (Å²) in [6.07, 6.45) is 4.87. The molecular formula is C18H29N3O. The van der Waals surface area contributed by atoms with Crippen LogP contribution in [0.25, 0.3) is 0 Å². The van der Waals surface area contributed by atoms with Gasteiger partial charge >= 0.3 is 0 Å². The van der Waals surface area contributed by atoms with Crippen molar-refractivity contribution in [3.05, 3.63) is 35.9 Å². The second-order valence-electron chi connectivity index (χ2n) is 5.84. The largest absolute Gasteiger partial charge is 0.377 e. The van der Waals surface area contributed by atoms with E-state index in [1.807, 2.05) is 18.2 Å². The number of hydrogen-bond donors (Lipinski definition) is 2. The van der Waals surface area contributed by atoms with Crippen molar-refractivity contribution in [3.63, 3.8) is 0 Å². The van der Waals surface area contributed by atoms with Crippen LogP contribution in [-0.4, -0.2) is 32.2 Å². The summed E-state index contributed by atoms with van der Waals surface area (Å²) >= 11 is 0. The van der Waals surface area contributed by atoms with E-state index in [0.717, 1.165) is 51.0 Å². The molecule has 2 N–H and O–H groups in total. The van der Waals surface area contributed by atoms with E-state index in [1.54, 1.807) is 0 Å². The van der Waals surface area contributed by atoms with Crippen molar-refractivity contribution in [1.29, 1.82) is 0 Å². The van der Waals surface area contributed by atoms with Gasteiger partial charge in [-0.2, -0.15) is 0 Å². The zero-order chi connectivity index (χ0) is 15.5. The quantitative estimate of drug-likeness (QED) is 0.397. The van der Waals surface area contributed by atoms with E-state index in [-0.39, 0.29) is 0 Å².